The first-order chi connectivity index (χ1) is 10.1. The Morgan fingerprint density at radius 3 is 2.62 bits per heavy atom. The number of hydrogen-bond acceptors (Lipinski definition) is 2. The Morgan fingerprint density at radius 2 is 1.81 bits per heavy atom. The molecule has 3 rings (SSSR count). The Balaban J connectivity index is 1.80. The summed E-state index contributed by atoms with van der Waals surface area (Å²) in [6.07, 6.45) is 3.16. The molecule has 1 N–H and O–H groups in total. The van der Waals surface area contributed by atoms with Gasteiger partial charge >= 0.3 is 0 Å². The molecule has 0 fully saturated rings. The molecule has 1 aliphatic rings. The fraction of sp³-hybridized carbons (Fsp3) is 0.294. The maximum Gasteiger partial charge on any atom is 0.240 e. The molecule has 3 nitrogen and oxygen atoms in total. The Labute approximate surface area is 126 Å². The Morgan fingerprint density at radius 1 is 1.05 bits per heavy atom. The standard InChI is InChI=1S/C17H19NO2S/c1-13-5-2-3-6-16(13)12-18-21(19,20)17-10-9-14-7-4-8-15(14)11-17/h2-3,5-6,9-11,18H,4,7-8,12H2,1H3. The second-order valence-corrected chi connectivity index (χ2v) is 7.30. The maximum atomic E-state index is 12.4. The first-order valence-electron chi connectivity index (χ1n) is 7.22. The van der Waals surface area contributed by atoms with E-state index in [4.69, 9.17) is 0 Å². The van der Waals surface area contributed by atoms with Crippen molar-refractivity contribution in [1.82, 2.24) is 4.72 Å². The number of nitrogens with one attached hydrogen (secondary N) is 1. The van der Waals surface area contributed by atoms with Crippen molar-refractivity contribution in [1.29, 1.82) is 0 Å². The predicted octanol–water partition coefficient (Wildman–Crippen LogP) is 2.96. The quantitative estimate of drug-likeness (QED) is 0.943. The van der Waals surface area contributed by atoms with Crippen LogP contribution in [0.25, 0.3) is 0 Å². The minimum absolute atomic E-state index is 0.325. The van der Waals surface area contributed by atoms with Gasteiger partial charge in [-0.1, -0.05) is 30.3 Å². The molecule has 1 aliphatic carbocycles. The summed E-state index contributed by atoms with van der Waals surface area (Å²) in [5.41, 5.74) is 4.55. The van der Waals surface area contributed by atoms with E-state index in [-0.39, 0.29) is 0 Å². The van der Waals surface area contributed by atoms with Crippen molar-refractivity contribution < 1.29 is 8.42 Å². The smallest absolute Gasteiger partial charge is 0.207 e. The molecule has 0 aromatic heterocycles. The van der Waals surface area contributed by atoms with Crippen molar-refractivity contribution in [3.05, 3.63) is 64.7 Å². The summed E-state index contributed by atoms with van der Waals surface area (Å²) in [6.45, 7) is 2.31. The molecule has 0 radical (unpaired) electrons. The topological polar surface area (TPSA) is 46.2 Å². The molecular weight excluding hydrogens is 282 g/mol. The normalized spacial score (nSPS) is 14.1. The van der Waals surface area contributed by atoms with E-state index in [9.17, 15) is 8.42 Å². The van der Waals surface area contributed by atoms with Gasteiger partial charge in [-0.25, -0.2) is 13.1 Å². The Hall–Kier alpha value is -1.65. The van der Waals surface area contributed by atoms with Crippen molar-refractivity contribution in [3.63, 3.8) is 0 Å². The summed E-state index contributed by atoms with van der Waals surface area (Å²) in [5, 5.41) is 0. The van der Waals surface area contributed by atoms with Gasteiger partial charge in [0.1, 0.15) is 0 Å². The van der Waals surface area contributed by atoms with Crippen molar-refractivity contribution in [3.8, 4) is 0 Å². The predicted molar refractivity (Wildman–Crippen MR) is 83.7 cm³/mol. The van der Waals surface area contributed by atoms with Crippen LogP contribution >= 0.6 is 0 Å². The van der Waals surface area contributed by atoms with E-state index in [1.165, 1.54) is 11.1 Å². The Bertz CT molecular complexity index is 766. The zero-order valence-corrected chi connectivity index (χ0v) is 12.9. The van der Waals surface area contributed by atoms with Gasteiger partial charge in [0, 0.05) is 6.54 Å². The monoisotopic (exact) mass is 301 g/mol. The summed E-state index contributed by atoms with van der Waals surface area (Å²) in [7, 11) is -3.45. The minimum atomic E-state index is -3.45. The molecule has 2 aromatic carbocycles. The molecule has 0 heterocycles. The van der Waals surface area contributed by atoms with Gasteiger partial charge in [-0.3, -0.25) is 0 Å². The average molecular weight is 301 g/mol. The molecule has 0 aliphatic heterocycles. The van der Waals surface area contributed by atoms with Crippen LogP contribution in [0.2, 0.25) is 0 Å². The molecule has 110 valence electrons. The second kappa shape index (κ2) is 5.62. The van der Waals surface area contributed by atoms with Gasteiger partial charge in [-0.15, -0.1) is 0 Å². The lowest BCUT2D eigenvalue weighted by molar-refractivity contribution is 0.581. The van der Waals surface area contributed by atoms with Gasteiger partial charge in [-0.2, -0.15) is 0 Å². The molecule has 4 heteroatoms. The van der Waals surface area contributed by atoms with Crippen molar-refractivity contribution in [2.45, 2.75) is 37.6 Å². The summed E-state index contributed by atoms with van der Waals surface area (Å²) >= 11 is 0. The van der Waals surface area contributed by atoms with Crippen LogP contribution in [0.4, 0.5) is 0 Å². The van der Waals surface area contributed by atoms with Crippen LogP contribution in [0.3, 0.4) is 0 Å². The first-order valence-corrected chi connectivity index (χ1v) is 8.70. The molecule has 0 amide bonds. The average Bonchev–Trinajstić information content (AvgIpc) is 2.94. The zero-order valence-electron chi connectivity index (χ0n) is 12.1. The number of benzene rings is 2. The minimum Gasteiger partial charge on any atom is -0.207 e. The molecule has 0 atom stereocenters. The number of hydrogen-bond donors (Lipinski definition) is 1. The van der Waals surface area contributed by atoms with Gasteiger partial charge in [-0.05, 0) is 60.6 Å². The van der Waals surface area contributed by atoms with Gasteiger partial charge in [0.15, 0.2) is 0 Å². The molecule has 0 unspecified atom stereocenters. The highest BCUT2D eigenvalue weighted by Gasteiger charge is 2.18. The van der Waals surface area contributed by atoms with Crippen LogP contribution in [-0.2, 0) is 29.4 Å². The van der Waals surface area contributed by atoms with E-state index in [1.54, 1.807) is 6.07 Å². The van der Waals surface area contributed by atoms with Crippen LogP contribution in [-0.4, -0.2) is 8.42 Å². The van der Waals surface area contributed by atoms with Gasteiger partial charge in [0.05, 0.1) is 4.90 Å². The van der Waals surface area contributed by atoms with Crippen LogP contribution in [0.1, 0.15) is 28.7 Å². The zero-order chi connectivity index (χ0) is 14.9. The van der Waals surface area contributed by atoms with E-state index in [0.717, 1.165) is 30.4 Å². The van der Waals surface area contributed by atoms with E-state index in [1.807, 2.05) is 43.3 Å². The van der Waals surface area contributed by atoms with Crippen LogP contribution in [0.5, 0.6) is 0 Å². The summed E-state index contributed by atoms with van der Waals surface area (Å²) < 4.78 is 27.5. The third kappa shape index (κ3) is 3.01. The van der Waals surface area contributed by atoms with Gasteiger partial charge in [0.25, 0.3) is 0 Å². The first kappa shape index (κ1) is 14.3. The number of fused-ring (bicyclic) bond motifs is 1. The fourth-order valence-electron chi connectivity index (χ4n) is 2.78. The fourth-order valence-corrected chi connectivity index (χ4v) is 3.84. The van der Waals surface area contributed by atoms with E-state index >= 15 is 0 Å². The largest absolute Gasteiger partial charge is 0.240 e. The molecule has 21 heavy (non-hydrogen) atoms. The van der Waals surface area contributed by atoms with E-state index in [2.05, 4.69) is 4.72 Å². The Kier molecular flexibility index (Phi) is 3.83. The van der Waals surface area contributed by atoms with Crippen molar-refractivity contribution in [2.24, 2.45) is 0 Å². The van der Waals surface area contributed by atoms with Crippen molar-refractivity contribution >= 4 is 10.0 Å². The van der Waals surface area contributed by atoms with Crippen LogP contribution in [0, 0.1) is 6.92 Å². The van der Waals surface area contributed by atoms with Crippen molar-refractivity contribution in [2.75, 3.05) is 0 Å². The van der Waals surface area contributed by atoms with Gasteiger partial charge in [0.2, 0.25) is 10.0 Å². The SMILES string of the molecule is Cc1ccccc1CNS(=O)(=O)c1ccc2c(c1)CCC2. The highest BCUT2D eigenvalue weighted by molar-refractivity contribution is 7.89. The summed E-state index contributed by atoms with van der Waals surface area (Å²) in [5.74, 6) is 0. The lowest BCUT2D eigenvalue weighted by atomic mass is 10.1. The maximum absolute atomic E-state index is 12.4. The van der Waals surface area contributed by atoms with Crippen LogP contribution < -0.4 is 4.72 Å². The van der Waals surface area contributed by atoms with E-state index < -0.39 is 10.0 Å². The molecule has 0 spiro atoms. The molecular formula is C17H19NO2S. The third-order valence-electron chi connectivity index (χ3n) is 4.09. The second-order valence-electron chi connectivity index (χ2n) is 5.54. The number of aryl methyl sites for hydroxylation is 3. The molecule has 0 saturated carbocycles. The summed E-state index contributed by atoms with van der Waals surface area (Å²) in [4.78, 5) is 0.372. The van der Waals surface area contributed by atoms with E-state index in [0.29, 0.717) is 11.4 Å². The van der Waals surface area contributed by atoms with Crippen LogP contribution in [0.15, 0.2) is 47.4 Å². The molecule has 2 aromatic rings. The molecule has 0 bridgehead atoms. The summed E-state index contributed by atoms with van der Waals surface area (Å²) in [6, 6.07) is 13.3. The van der Waals surface area contributed by atoms with Gasteiger partial charge < -0.3 is 0 Å². The highest BCUT2D eigenvalue weighted by Crippen LogP contribution is 2.24. The lowest BCUT2D eigenvalue weighted by Gasteiger charge is -2.10. The number of rotatable bonds is 4. The lowest BCUT2D eigenvalue weighted by Crippen LogP contribution is -2.23. The third-order valence-corrected chi connectivity index (χ3v) is 5.49. The number of sulfonamides is 1. The molecule has 0 saturated heterocycles. The highest BCUT2D eigenvalue weighted by atomic mass is 32.2.